The zero-order valence-corrected chi connectivity index (χ0v) is 26.1. The molecule has 6 nitrogen and oxygen atoms in total. The molecule has 0 saturated carbocycles. The number of rotatable bonds is 15. The van der Waals surface area contributed by atoms with E-state index in [2.05, 4.69) is 4.74 Å². The Hall–Kier alpha value is -5.31. The van der Waals surface area contributed by atoms with E-state index in [0.29, 0.717) is 35.6 Å². The fourth-order valence-electron chi connectivity index (χ4n) is 4.97. The molecule has 0 fully saturated rings. The van der Waals surface area contributed by atoms with E-state index in [4.69, 9.17) is 14.7 Å². The maximum Gasteiger partial charge on any atom is 0.573 e. The molecule has 0 atom stereocenters. The summed E-state index contributed by atoms with van der Waals surface area (Å²) in [5, 5.41) is 8.90. The molecule has 0 spiro atoms. The Morgan fingerprint density at radius 1 is 0.592 bits per heavy atom. The number of unbranched alkanes of at least 4 members (excludes halogenated alkanes) is 6. The van der Waals surface area contributed by atoms with Crippen LogP contribution in [0, 0.1) is 28.8 Å². The standard InChI is InChI=1S/C37H31F6NO5/c38-31-21-27(15-17-29(31)25-12-10-24(23-44)11-13-25)47-35(45)8-6-4-2-1-3-5-7-9-36(46)48-28-16-18-30(32(39)22-28)26-14-19-34(33(40)20-26)49-37(41,42)43/h10-22H,1-9H2. The summed E-state index contributed by atoms with van der Waals surface area (Å²) >= 11 is 0. The van der Waals surface area contributed by atoms with Gasteiger partial charge in [0.25, 0.3) is 0 Å². The first-order valence-electron chi connectivity index (χ1n) is 15.5. The molecule has 0 aliphatic carbocycles. The molecule has 0 bridgehead atoms. The third kappa shape index (κ3) is 11.4. The summed E-state index contributed by atoms with van der Waals surface area (Å²) < 4.78 is 94.3. The van der Waals surface area contributed by atoms with Crippen molar-refractivity contribution in [3.63, 3.8) is 0 Å². The second kappa shape index (κ2) is 17.2. The van der Waals surface area contributed by atoms with Crippen LogP contribution < -0.4 is 14.2 Å². The molecule has 12 heteroatoms. The molecular formula is C37H31F6NO5. The minimum absolute atomic E-state index is 0.0256. The van der Waals surface area contributed by atoms with Crippen LogP contribution in [-0.2, 0) is 9.59 Å². The Morgan fingerprint density at radius 2 is 1.06 bits per heavy atom. The first-order valence-corrected chi connectivity index (χ1v) is 15.5. The molecule has 49 heavy (non-hydrogen) atoms. The largest absolute Gasteiger partial charge is 0.573 e. The summed E-state index contributed by atoms with van der Waals surface area (Å²) in [4.78, 5) is 24.4. The zero-order valence-electron chi connectivity index (χ0n) is 26.1. The topological polar surface area (TPSA) is 85.6 Å². The van der Waals surface area contributed by atoms with Crippen LogP contribution in [-0.4, -0.2) is 18.3 Å². The Kier molecular flexibility index (Phi) is 12.8. The molecule has 4 aromatic carbocycles. The zero-order chi connectivity index (χ0) is 35.4. The van der Waals surface area contributed by atoms with Gasteiger partial charge < -0.3 is 14.2 Å². The maximum atomic E-state index is 14.6. The number of hydrogen-bond acceptors (Lipinski definition) is 6. The van der Waals surface area contributed by atoms with Crippen LogP contribution in [0.25, 0.3) is 22.3 Å². The van der Waals surface area contributed by atoms with Crippen molar-refractivity contribution in [2.24, 2.45) is 0 Å². The van der Waals surface area contributed by atoms with Crippen LogP contribution in [0.2, 0.25) is 0 Å². The predicted molar refractivity (Wildman–Crippen MR) is 168 cm³/mol. The normalized spacial score (nSPS) is 11.1. The average molecular weight is 684 g/mol. The van der Waals surface area contributed by atoms with Crippen molar-refractivity contribution in [2.45, 2.75) is 64.1 Å². The minimum atomic E-state index is -5.07. The number of nitrogens with zero attached hydrogens (tertiary/aromatic N) is 1. The van der Waals surface area contributed by atoms with Crippen molar-refractivity contribution in [3.05, 3.63) is 102 Å². The lowest BCUT2D eigenvalue weighted by molar-refractivity contribution is -0.275. The molecule has 0 N–H and O–H groups in total. The van der Waals surface area contributed by atoms with Crippen LogP contribution in [0.4, 0.5) is 26.3 Å². The van der Waals surface area contributed by atoms with Gasteiger partial charge in [-0.05, 0) is 72.5 Å². The van der Waals surface area contributed by atoms with Gasteiger partial charge in [-0.2, -0.15) is 5.26 Å². The minimum Gasteiger partial charge on any atom is -0.426 e. The lowest BCUT2D eigenvalue weighted by Crippen LogP contribution is -2.17. The van der Waals surface area contributed by atoms with Gasteiger partial charge in [0.15, 0.2) is 11.6 Å². The Bertz CT molecular complexity index is 1800. The van der Waals surface area contributed by atoms with E-state index < -0.39 is 41.5 Å². The fraction of sp³-hybridized carbons (Fsp3) is 0.270. The van der Waals surface area contributed by atoms with Crippen molar-refractivity contribution in [3.8, 4) is 45.6 Å². The smallest absolute Gasteiger partial charge is 0.426 e. The summed E-state index contributed by atoms with van der Waals surface area (Å²) in [6.45, 7) is 0. The number of ether oxygens (including phenoxy) is 3. The summed E-state index contributed by atoms with van der Waals surface area (Å²) in [6, 6.07) is 18.7. The number of alkyl halides is 3. The highest BCUT2D eigenvalue weighted by atomic mass is 19.4. The van der Waals surface area contributed by atoms with E-state index in [9.17, 15) is 35.9 Å². The SMILES string of the molecule is N#Cc1ccc(-c2ccc(OC(=O)CCCCCCCCCC(=O)Oc3ccc(-c4ccc(OC(F)(F)F)c(F)c4)c(F)c3)cc2F)cc1. The van der Waals surface area contributed by atoms with Gasteiger partial charge in [0, 0.05) is 36.1 Å². The second-order valence-corrected chi connectivity index (χ2v) is 11.1. The number of halogens is 6. The van der Waals surface area contributed by atoms with Crippen LogP contribution >= 0.6 is 0 Å². The molecule has 0 aliphatic heterocycles. The van der Waals surface area contributed by atoms with Gasteiger partial charge in [0.05, 0.1) is 11.6 Å². The molecule has 0 radical (unpaired) electrons. The van der Waals surface area contributed by atoms with Gasteiger partial charge in [0.2, 0.25) is 0 Å². The number of carbonyl (C=O) groups excluding carboxylic acids is 2. The third-order valence-corrected chi connectivity index (χ3v) is 7.40. The molecule has 4 rings (SSSR count). The van der Waals surface area contributed by atoms with Crippen molar-refractivity contribution in [1.82, 2.24) is 0 Å². The highest BCUT2D eigenvalue weighted by molar-refractivity contribution is 5.74. The van der Waals surface area contributed by atoms with E-state index in [1.165, 1.54) is 24.3 Å². The van der Waals surface area contributed by atoms with Gasteiger partial charge in [0.1, 0.15) is 23.1 Å². The Morgan fingerprint density at radius 3 is 1.51 bits per heavy atom. The van der Waals surface area contributed by atoms with Crippen LogP contribution in [0.5, 0.6) is 17.2 Å². The Labute approximate surface area is 278 Å². The van der Waals surface area contributed by atoms with E-state index in [1.807, 2.05) is 6.07 Å². The van der Waals surface area contributed by atoms with Crippen molar-refractivity contribution < 1.29 is 50.1 Å². The van der Waals surface area contributed by atoms with Gasteiger partial charge in [-0.1, -0.05) is 50.3 Å². The molecular weight excluding hydrogens is 652 g/mol. The van der Waals surface area contributed by atoms with Gasteiger partial charge in [-0.3, -0.25) is 9.59 Å². The van der Waals surface area contributed by atoms with E-state index in [-0.39, 0.29) is 35.5 Å². The Balaban J connectivity index is 1.08. The third-order valence-electron chi connectivity index (χ3n) is 7.40. The lowest BCUT2D eigenvalue weighted by atomic mass is 10.0. The fourth-order valence-corrected chi connectivity index (χ4v) is 4.97. The molecule has 0 amide bonds. The number of nitriles is 1. The first kappa shape index (κ1) is 36.5. The van der Waals surface area contributed by atoms with Crippen LogP contribution in [0.3, 0.4) is 0 Å². The van der Waals surface area contributed by atoms with E-state index >= 15 is 0 Å². The van der Waals surface area contributed by atoms with Crippen LogP contribution in [0.1, 0.15) is 63.4 Å². The predicted octanol–water partition coefficient (Wildman–Crippen LogP) is 10.2. The van der Waals surface area contributed by atoms with Gasteiger partial charge in [-0.15, -0.1) is 13.2 Å². The number of benzene rings is 4. The van der Waals surface area contributed by atoms with Gasteiger partial charge in [-0.25, -0.2) is 13.2 Å². The highest BCUT2D eigenvalue weighted by Crippen LogP contribution is 2.32. The molecule has 256 valence electrons. The van der Waals surface area contributed by atoms with E-state index in [1.54, 1.807) is 24.3 Å². The molecule has 0 aromatic heterocycles. The summed E-state index contributed by atoms with van der Waals surface area (Å²) in [6.07, 6.45) is 0.560. The number of esters is 2. The molecule has 0 heterocycles. The van der Waals surface area contributed by atoms with Gasteiger partial charge >= 0.3 is 18.3 Å². The second-order valence-electron chi connectivity index (χ2n) is 11.1. The highest BCUT2D eigenvalue weighted by Gasteiger charge is 2.32. The van der Waals surface area contributed by atoms with Crippen molar-refractivity contribution in [1.29, 1.82) is 5.26 Å². The monoisotopic (exact) mass is 683 g/mol. The van der Waals surface area contributed by atoms with Crippen molar-refractivity contribution >= 4 is 11.9 Å². The summed E-state index contributed by atoms with van der Waals surface area (Å²) in [7, 11) is 0. The molecule has 0 saturated heterocycles. The lowest BCUT2D eigenvalue weighted by Gasteiger charge is -2.11. The van der Waals surface area contributed by atoms with Crippen molar-refractivity contribution in [2.75, 3.05) is 0 Å². The quantitative estimate of drug-likeness (QED) is 0.0537. The van der Waals surface area contributed by atoms with E-state index in [0.717, 1.165) is 56.4 Å². The number of carbonyl (C=O) groups is 2. The molecule has 0 unspecified atom stereocenters. The maximum absolute atomic E-state index is 14.6. The summed E-state index contributed by atoms with van der Waals surface area (Å²) in [5.74, 6) is -4.72. The summed E-state index contributed by atoms with van der Waals surface area (Å²) in [5.41, 5.74) is 1.27. The number of hydrogen-bond donors (Lipinski definition) is 0. The first-order chi connectivity index (χ1) is 23.4. The average Bonchev–Trinajstić information content (AvgIpc) is 3.04. The molecule has 4 aromatic rings. The molecule has 0 aliphatic rings. The van der Waals surface area contributed by atoms with Crippen LogP contribution in [0.15, 0.2) is 78.9 Å².